The first-order valence-corrected chi connectivity index (χ1v) is 6.23. The number of aryl methyl sites for hydroxylation is 1. The van der Waals surface area contributed by atoms with Crippen LogP contribution >= 0.6 is 22.6 Å². The van der Waals surface area contributed by atoms with Gasteiger partial charge >= 0.3 is 0 Å². The Kier molecular flexibility index (Phi) is 3.77. The van der Waals surface area contributed by atoms with E-state index in [1.165, 1.54) is 14.7 Å². The van der Waals surface area contributed by atoms with E-state index in [1.54, 1.807) is 0 Å². The van der Waals surface area contributed by atoms with Gasteiger partial charge in [0.05, 0.1) is 0 Å². The summed E-state index contributed by atoms with van der Waals surface area (Å²) >= 11 is 2.27. The third-order valence-corrected chi connectivity index (χ3v) is 2.94. The molecule has 2 nitrogen and oxygen atoms in total. The maximum absolute atomic E-state index is 4.37. The molecule has 0 spiro atoms. The lowest BCUT2D eigenvalue weighted by molar-refractivity contribution is 1.09. The van der Waals surface area contributed by atoms with Crippen LogP contribution in [0.15, 0.2) is 42.6 Å². The molecule has 0 radical (unpaired) electrons. The standard InChI is InChI=1S/C13H13IN2/c1-10-7-12(14)9-16-13(10)15-8-11-5-3-2-4-6-11/h2-7,9H,8H2,1H3,(H,15,16). The molecule has 0 saturated heterocycles. The number of aromatic nitrogens is 1. The topological polar surface area (TPSA) is 24.9 Å². The number of halogens is 1. The molecule has 1 N–H and O–H groups in total. The summed E-state index contributed by atoms with van der Waals surface area (Å²) < 4.78 is 1.17. The third-order valence-electron chi connectivity index (χ3n) is 2.35. The van der Waals surface area contributed by atoms with Crippen molar-refractivity contribution in [2.45, 2.75) is 13.5 Å². The zero-order valence-electron chi connectivity index (χ0n) is 9.07. The van der Waals surface area contributed by atoms with Crippen LogP contribution in [-0.4, -0.2) is 4.98 Å². The molecule has 1 heterocycles. The fourth-order valence-corrected chi connectivity index (χ4v) is 2.11. The van der Waals surface area contributed by atoms with Crippen molar-refractivity contribution in [3.8, 4) is 0 Å². The molecule has 1 aromatic heterocycles. The predicted molar refractivity (Wildman–Crippen MR) is 75.5 cm³/mol. The summed E-state index contributed by atoms with van der Waals surface area (Å²) in [6, 6.07) is 12.5. The summed E-state index contributed by atoms with van der Waals surface area (Å²) in [4.78, 5) is 4.37. The van der Waals surface area contributed by atoms with Gasteiger partial charge in [0.25, 0.3) is 0 Å². The molecule has 3 heteroatoms. The third kappa shape index (κ3) is 2.95. The first-order valence-electron chi connectivity index (χ1n) is 5.15. The number of benzene rings is 1. The van der Waals surface area contributed by atoms with E-state index in [0.29, 0.717) is 0 Å². The lowest BCUT2D eigenvalue weighted by Crippen LogP contribution is -2.03. The highest BCUT2D eigenvalue weighted by molar-refractivity contribution is 14.1. The van der Waals surface area contributed by atoms with Gasteiger partial charge < -0.3 is 5.32 Å². The largest absolute Gasteiger partial charge is 0.366 e. The van der Waals surface area contributed by atoms with Crippen molar-refractivity contribution in [3.05, 3.63) is 57.3 Å². The van der Waals surface area contributed by atoms with E-state index in [9.17, 15) is 0 Å². The van der Waals surface area contributed by atoms with Gasteiger partial charge in [-0.3, -0.25) is 0 Å². The molecular weight excluding hydrogens is 311 g/mol. The Bertz CT molecular complexity index is 469. The SMILES string of the molecule is Cc1cc(I)cnc1NCc1ccccc1. The molecule has 0 bridgehead atoms. The van der Waals surface area contributed by atoms with Gasteiger partial charge in [-0.15, -0.1) is 0 Å². The summed E-state index contributed by atoms with van der Waals surface area (Å²) in [5, 5.41) is 3.34. The summed E-state index contributed by atoms with van der Waals surface area (Å²) in [7, 11) is 0. The molecule has 2 rings (SSSR count). The summed E-state index contributed by atoms with van der Waals surface area (Å²) in [5.74, 6) is 0.962. The van der Waals surface area contributed by atoms with Crippen molar-refractivity contribution in [1.29, 1.82) is 0 Å². The number of rotatable bonds is 3. The van der Waals surface area contributed by atoms with E-state index in [0.717, 1.165) is 12.4 Å². The first-order chi connectivity index (χ1) is 7.75. The van der Waals surface area contributed by atoms with E-state index >= 15 is 0 Å². The van der Waals surface area contributed by atoms with Crippen LogP contribution in [0.5, 0.6) is 0 Å². The Morgan fingerprint density at radius 1 is 1.25 bits per heavy atom. The van der Waals surface area contributed by atoms with E-state index in [-0.39, 0.29) is 0 Å². The zero-order chi connectivity index (χ0) is 11.4. The Labute approximate surface area is 109 Å². The minimum Gasteiger partial charge on any atom is -0.366 e. The van der Waals surface area contributed by atoms with Crippen LogP contribution in [0.1, 0.15) is 11.1 Å². The van der Waals surface area contributed by atoms with Crippen molar-refractivity contribution in [1.82, 2.24) is 4.98 Å². The summed E-state index contributed by atoms with van der Waals surface area (Å²) in [6.45, 7) is 2.89. The molecule has 2 aromatic rings. The van der Waals surface area contributed by atoms with E-state index in [2.05, 4.69) is 58.0 Å². The fraction of sp³-hybridized carbons (Fsp3) is 0.154. The minimum atomic E-state index is 0.815. The number of nitrogens with one attached hydrogen (secondary N) is 1. The highest BCUT2D eigenvalue weighted by atomic mass is 127. The van der Waals surface area contributed by atoms with Gasteiger partial charge in [0.2, 0.25) is 0 Å². The molecule has 0 amide bonds. The molecule has 0 fully saturated rings. The number of pyridine rings is 1. The Morgan fingerprint density at radius 3 is 2.69 bits per heavy atom. The number of hydrogen-bond acceptors (Lipinski definition) is 2. The fourth-order valence-electron chi connectivity index (χ4n) is 1.51. The number of hydrogen-bond donors (Lipinski definition) is 1. The van der Waals surface area contributed by atoms with E-state index in [1.807, 2.05) is 24.4 Å². The average molecular weight is 324 g/mol. The second-order valence-electron chi connectivity index (χ2n) is 3.66. The highest BCUT2D eigenvalue weighted by Crippen LogP contribution is 2.15. The van der Waals surface area contributed by atoms with Crippen molar-refractivity contribution < 1.29 is 0 Å². The average Bonchev–Trinajstić information content (AvgIpc) is 2.29. The van der Waals surface area contributed by atoms with Crippen LogP contribution < -0.4 is 5.32 Å². The number of anilines is 1. The molecule has 0 saturated carbocycles. The van der Waals surface area contributed by atoms with Gasteiger partial charge in [0.15, 0.2) is 0 Å². The van der Waals surface area contributed by atoms with Crippen molar-refractivity contribution >= 4 is 28.4 Å². The van der Waals surface area contributed by atoms with E-state index in [4.69, 9.17) is 0 Å². The molecule has 0 aliphatic carbocycles. The van der Waals surface area contributed by atoms with Crippen LogP contribution in [0, 0.1) is 10.5 Å². The molecule has 1 aromatic carbocycles. The first kappa shape index (κ1) is 11.4. The molecule has 0 aliphatic rings. The normalized spacial score (nSPS) is 10.1. The van der Waals surface area contributed by atoms with E-state index < -0.39 is 0 Å². The van der Waals surface area contributed by atoms with Gasteiger partial charge in [-0.2, -0.15) is 0 Å². The van der Waals surface area contributed by atoms with Crippen LogP contribution in [0.25, 0.3) is 0 Å². The van der Waals surface area contributed by atoms with Crippen LogP contribution in [0.2, 0.25) is 0 Å². The van der Waals surface area contributed by atoms with Gasteiger partial charge in [-0.25, -0.2) is 4.98 Å². The lowest BCUT2D eigenvalue weighted by atomic mass is 10.2. The predicted octanol–water partition coefficient (Wildman–Crippen LogP) is 3.61. The maximum atomic E-state index is 4.37. The van der Waals surface area contributed by atoms with Crippen molar-refractivity contribution in [2.75, 3.05) is 5.32 Å². The second kappa shape index (κ2) is 5.30. The van der Waals surface area contributed by atoms with Gasteiger partial charge in [-0.05, 0) is 46.7 Å². The molecule has 82 valence electrons. The monoisotopic (exact) mass is 324 g/mol. The van der Waals surface area contributed by atoms with Crippen LogP contribution in [-0.2, 0) is 6.54 Å². The zero-order valence-corrected chi connectivity index (χ0v) is 11.2. The molecule has 0 aliphatic heterocycles. The molecule has 0 atom stereocenters. The van der Waals surface area contributed by atoms with Crippen LogP contribution in [0.4, 0.5) is 5.82 Å². The van der Waals surface area contributed by atoms with Gasteiger partial charge in [0, 0.05) is 16.3 Å². The highest BCUT2D eigenvalue weighted by Gasteiger charge is 1.99. The second-order valence-corrected chi connectivity index (χ2v) is 4.90. The summed E-state index contributed by atoms with van der Waals surface area (Å²) in [5.41, 5.74) is 2.45. The van der Waals surface area contributed by atoms with Gasteiger partial charge in [0.1, 0.15) is 5.82 Å². The summed E-state index contributed by atoms with van der Waals surface area (Å²) in [6.07, 6.45) is 1.88. The Hall–Kier alpha value is -1.10. The lowest BCUT2D eigenvalue weighted by Gasteiger charge is -2.08. The molecule has 0 unspecified atom stereocenters. The Balaban J connectivity index is 2.05. The molecular formula is C13H13IN2. The van der Waals surface area contributed by atoms with Gasteiger partial charge in [-0.1, -0.05) is 30.3 Å². The quantitative estimate of drug-likeness (QED) is 0.873. The van der Waals surface area contributed by atoms with Crippen LogP contribution in [0.3, 0.4) is 0 Å². The minimum absolute atomic E-state index is 0.815. The smallest absolute Gasteiger partial charge is 0.129 e. The van der Waals surface area contributed by atoms with Crippen molar-refractivity contribution in [3.63, 3.8) is 0 Å². The molecule has 16 heavy (non-hydrogen) atoms. The Morgan fingerprint density at radius 2 is 2.00 bits per heavy atom. The number of nitrogens with zero attached hydrogens (tertiary/aromatic N) is 1. The van der Waals surface area contributed by atoms with Crippen molar-refractivity contribution in [2.24, 2.45) is 0 Å². The maximum Gasteiger partial charge on any atom is 0.129 e.